The molecular formula is C41H36O3. The van der Waals surface area contributed by atoms with Crippen LogP contribution in [0.5, 0.6) is 34.5 Å². The molecule has 0 saturated heterocycles. The topological polar surface area (TPSA) is 27.7 Å². The van der Waals surface area contributed by atoms with Crippen molar-refractivity contribution in [2.75, 3.05) is 0 Å². The van der Waals surface area contributed by atoms with Crippen LogP contribution in [0.4, 0.5) is 0 Å². The molecule has 0 aliphatic heterocycles. The summed E-state index contributed by atoms with van der Waals surface area (Å²) in [5.74, 6) is 4.84. The van der Waals surface area contributed by atoms with Gasteiger partial charge in [0.15, 0.2) is 0 Å². The third-order valence-electron chi connectivity index (χ3n) is 8.07. The van der Waals surface area contributed by atoms with Gasteiger partial charge < -0.3 is 14.2 Å². The fraction of sp³-hybridized carbons (Fsp3) is 0.122. The summed E-state index contributed by atoms with van der Waals surface area (Å²) >= 11 is 0. The van der Waals surface area contributed by atoms with E-state index < -0.39 is 5.41 Å². The maximum Gasteiger partial charge on any atom is 0.127 e. The van der Waals surface area contributed by atoms with Gasteiger partial charge in [-0.2, -0.15) is 0 Å². The highest BCUT2D eigenvalue weighted by atomic mass is 16.5. The van der Waals surface area contributed by atoms with Gasteiger partial charge in [0.2, 0.25) is 0 Å². The summed E-state index contributed by atoms with van der Waals surface area (Å²) in [7, 11) is 0. The Bertz CT molecular complexity index is 1580. The van der Waals surface area contributed by atoms with E-state index in [-0.39, 0.29) is 0 Å². The van der Waals surface area contributed by atoms with Gasteiger partial charge in [0.25, 0.3) is 0 Å². The van der Waals surface area contributed by atoms with Gasteiger partial charge >= 0.3 is 0 Å². The van der Waals surface area contributed by atoms with Gasteiger partial charge in [0.1, 0.15) is 34.5 Å². The Kier molecular flexibility index (Phi) is 8.21. The summed E-state index contributed by atoms with van der Waals surface area (Å²) in [5.41, 5.74) is 6.60. The maximum atomic E-state index is 6.14. The Morgan fingerprint density at radius 3 is 0.682 bits per heavy atom. The van der Waals surface area contributed by atoms with Crippen LogP contribution in [-0.4, -0.2) is 0 Å². The second kappa shape index (κ2) is 12.5. The molecule has 0 bridgehead atoms. The number of benzene rings is 6. The average molecular weight is 577 g/mol. The number of hydrogen-bond donors (Lipinski definition) is 0. The SMILES string of the molecule is Cc1ccc(Oc2ccc(C(C)(c3ccc(Oc4ccc(C)cc4)cc3)c3ccc(Oc4ccc(C)cc4)cc3)cc2)cc1. The van der Waals surface area contributed by atoms with Crippen molar-refractivity contribution in [3.8, 4) is 34.5 Å². The molecule has 0 aliphatic carbocycles. The molecule has 44 heavy (non-hydrogen) atoms. The molecule has 6 rings (SSSR count). The number of rotatable bonds is 9. The molecule has 0 saturated carbocycles. The van der Waals surface area contributed by atoms with E-state index in [0.29, 0.717) is 0 Å². The van der Waals surface area contributed by atoms with Crippen molar-refractivity contribution in [3.05, 3.63) is 179 Å². The molecule has 3 nitrogen and oxygen atoms in total. The lowest BCUT2D eigenvalue weighted by atomic mass is 9.71. The van der Waals surface area contributed by atoms with Gasteiger partial charge in [0.05, 0.1) is 0 Å². The quantitative estimate of drug-likeness (QED) is 0.160. The van der Waals surface area contributed by atoms with Crippen LogP contribution in [-0.2, 0) is 5.41 Å². The van der Waals surface area contributed by atoms with E-state index in [1.165, 1.54) is 16.7 Å². The highest BCUT2D eigenvalue weighted by Crippen LogP contribution is 2.41. The first-order valence-electron chi connectivity index (χ1n) is 14.9. The summed E-state index contributed by atoms with van der Waals surface area (Å²) < 4.78 is 18.4. The highest BCUT2D eigenvalue weighted by molar-refractivity contribution is 5.53. The molecule has 0 atom stereocenters. The van der Waals surface area contributed by atoms with Gasteiger partial charge in [-0.05, 0) is 117 Å². The minimum absolute atomic E-state index is 0.451. The fourth-order valence-corrected chi connectivity index (χ4v) is 5.30. The minimum Gasteiger partial charge on any atom is -0.457 e. The monoisotopic (exact) mass is 576 g/mol. The van der Waals surface area contributed by atoms with E-state index in [4.69, 9.17) is 14.2 Å². The second-order valence-electron chi connectivity index (χ2n) is 11.4. The molecule has 0 aromatic heterocycles. The summed E-state index contributed by atoms with van der Waals surface area (Å²) in [5, 5.41) is 0. The van der Waals surface area contributed by atoms with E-state index in [0.717, 1.165) is 51.2 Å². The van der Waals surface area contributed by atoms with Gasteiger partial charge in [-0.25, -0.2) is 0 Å². The van der Waals surface area contributed by atoms with E-state index in [2.05, 4.69) is 100 Å². The summed E-state index contributed by atoms with van der Waals surface area (Å²) in [6, 6.07) is 49.4. The molecule has 0 amide bonds. The molecule has 0 spiro atoms. The summed E-state index contributed by atoms with van der Waals surface area (Å²) in [6.45, 7) is 8.47. The Morgan fingerprint density at radius 1 is 0.295 bits per heavy atom. The van der Waals surface area contributed by atoms with Gasteiger partial charge in [-0.15, -0.1) is 0 Å². The van der Waals surface area contributed by atoms with E-state index in [1.807, 2.05) is 72.8 Å². The molecule has 3 heteroatoms. The standard InChI is InChI=1S/C41H36O3/c1-29-5-17-35(18-6-29)42-38-23-11-32(12-24-38)41(4,33-13-25-39(26-14-33)43-36-19-7-30(2)8-20-36)34-15-27-40(28-16-34)44-37-21-9-31(3)10-22-37/h5-28H,1-4H3. The van der Waals surface area contributed by atoms with Crippen LogP contribution >= 0.6 is 0 Å². The van der Waals surface area contributed by atoms with Crippen molar-refractivity contribution in [1.29, 1.82) is 0 Å². The van der Waals surface area contributed by atoms with Crippen LogP contribution in [0.3, 0.4) is 0 Å². The highest BCUT2D eigenvalue weighted by Gasteiger charge is 2.31. The molecule has 0 N–H and O–H groups in total. The summed E-state index contributed by atoms with van der Waals surface area (Å²) in [4.78, 5) is 0. The largest absolute Gasteiger partial charge is 0.457 e. The Hall–Kier alpha value is -5.28. The van der Waals surface area contributed by atoms with Crippen LogP contribution in [0.15, 0.2) is 146 Å². The molecule has 0 heterocycles. The first-order chi connectivity index (χ1) is 21.3. The van der Waals surface area contributed by atoms with Crippen molar-refractivity contribution in [1.82, 2.24) is 0 Å². The van der Waals surface area contributed by atoms with Crippen molar-refractivity contribution in [2.45, 2.75) is 33.1 Å². The third-order valence-corrected chi connectivity index (χ3v) is 8.07. The molecule has 0 unspecified atom stereocenters. The van der Waals surface area contributed by atoms with Crippen molar-refractivity contribution < 1.29 is 14.2 Å². The first-order valence-corrected chi connectivity index (χ1v) is 14.9. The van der Waals surface area contributed by atoms with E-state index >= 15 is 0 Å². The lowest BCUT2D eigenvalue weighted by Crippen LogP contribution is -2.25. The van der Waals surface area contributed by atoms with Gasteiger partial charge in [-0.1, -0.05) is 89.5 Å². The average Bonchev–Trinajstić information content (AvgIpc) is 3.05. The van der Waals surface area contributed by atoms with Crippen LogP contribution in [0.1, 0.15) is 40.3 Å². The molecule has 6 aromatic carbocycles. The lowest BCUT2D eigenvalue weighted by Gasteiger charge is -2.32. The van der Waals surface area contributed by atoms with Gasteiger partial charge in [-0.3, -0.25) is 0 Å². The van der Waals surface area contributed by atoms with Crippen LogP contribution in [0, 0.1) is 20.8 Å². The molecule has 0 fully saturated rings. The Balaban J connectivity index is 1.31. The normalized spacial score (nSPS) is 11.2. The lowest BCUT2D eigenvalue weighted by molar-refractivity contribution is 0.481. The minimum atomic E-state index is -0.451. The molecular weight excluding hydrogens is 540 g/mol. The van der Waals surface area contributed by atoms with Crippen LogP contribution < -0.4 is 14.2 Å². The third kappa shape index (κ3) is 6.53. The van der Waals surface area contributed by atoms with Crippen molar-refractivity contribution >= 4 is 0 Å². The molecule has 0 radical (unpaired) electrons. The second-order valence-corrected chi connectivity index (χ2v) is 11.4. The van der Waals surface area contributed by atoms with E-state index in [9.17, 15) is 0 Å². The van der Waals surface area contributed by atoms with Crippen LogP contribution in [0.25, 0.3) is 0 Å². The number of ether oxygens (including phenoxy) is 3. The zero-order valence-electron chi connectivity index (χ0n) is 25.6. The Morgan fingerprint density at radius 2 is 0.477 bits per heavy atom. The van der Waals surface area contributed by atoms with Crippen molar-refractivity contribution in [2.24, 2.45) is 0 Å². The van der Waals surface area contributed by atoms with Gasteiger partial charge in [0, 0.05) is 5.41 Å². The van der Waals surface area contributed by atoms with E-state index in [1.54, 1.807) is 0 Å². The molecule has 218 valence electrons. The smallest absolute Gasteiger partial charge is 0.127 e. The maximum absolute atomic E-state index is 6.14. The van der Waals surface area contributed by atoms with Crippen molar-refractivity contribution in [3.63, 3.8) is 0 Å². The predicted octanol–water partition coefficient (Wildman–Crippen LogP) is 11.3. The zero-order chi connectivity index (χ0) is 30.5. The first kappa shape index (κ1) is 28.8. The molecule has 0 aliphatic rings. The fourth-order valence-electron chi connectivity index (χ4n) is 5.30. The van der Waals surface area contributed by atoms with Crippen LogP contribution in [0.2, 0.25) is 0 Å². The predicted molar refractivity (Wildman–Crippen MR) is 179 cm³/mol. The zero-order valence-corrected chi connectivity index (χ0v) is 25.6. The summed E-state index contributed by atoms with van der Waals surface area (Å²) in [6.07, 6.45) is 0. The number of aryl methyl sites for hydroxylation is 3. The Labute approximate surface area is 260 Å². The molecule has 6 aromatic rings. The number of hydrogen-bond acceptors (Lipinski definition) is 3.